The van der Waals surface area contributed by atoms with E-state index < -0.39 is 6.09 Å². The zero-order valence-corrected chi connectivity index (χ0v) is 11.7. The fourth-order valence-corrected chi connectivity index (χ4v) is 2.28. The monoisotopic (exact) mass is 269 g/mol. The van der Waals surface area contributed by atoms with Gasteiger partial charge in [-0.3, -0.25) is 4.90 Å². The highest BCUT2D eigenvalue weighted by Crippen LogP contribution is 2.30. The summed E-state index contributed by atoms with van der Waals surface area (Å²) in [6, 6.07) is 7.19. The molecule has 0 aliphatic rings. The van der Waals surface area contributed by atoms with Crippen molar-refractivity contribution in [3.05, 3.63) is 24.3 Å². The van der Waals surface area contributed by atoms with Gasteiger partial charge in [0.2, 0.25) is 0 Å². The molecule has 5 heteroatoms. The fourth-order valence-electron chi connectivity index (χ4n) is 1.50. The molecule has 0 aliphatic heterocycles. The van der Waals surface area contributed by atoms with Crippen LogP contribution in [0, 0.1) is 0 Å². The van der Waals surface area contributed by atoms with Gasteiger partial charge in [-0.2, -0.15) is 0 Å². The first-order valence-electron chi connectivity index (χ1n) is 5.94. The third kappa shape index (κ3) is 3.84. The number of carbonyl (C=O) groups is 1. The number of nitrogens with zero attached hydrogens (tertiary/aromatic N) is 1. The van der Waals surface area contributed by atoms with E-state index in [0.717, 1.165) is 12.2 Å². The summed E-state index contributed by atoms with van der Waals surface area (Å²) in [5.74, 6) is 1.57. The van der Waals surface area contributed by atoms with Crippen LogP contribution >= 0.6 is 11.8 Å². The molecule has 1 unspecified atom stereocenters. The molecule has 0 fully saturated rings. The van der Waals surface area contributed by atoms with Gasteiger partial charge in [-0.15, -0.1) is 11.8 Å². The Balaban J connectivity index is 2.91. The van der Waals surface area contributed by atoms with Crippen LogP contribution in [-0.2, 0) is 0 Å². The molecule has 1 aromatic rings. The molecule has 18 heavy (non-hydrogen) atoms. The Bertz CT molecular complexity index is 398. The molecule has 0 saturated carbocycles. The Morgan fingerprint density at radius 3 is 2.67 bits per heavy atom. The summed E-state index contributed by atoms with van der Waals surface area (Å²) in [5, 5.41) is 9.02. The van der Waals surface area contributed by atoms with Crippen molar-refractivity contribution in [3.8, 4) is 5.75 Å². The van der Waals surface area contributed by atoms with Crippen molar-refractivity contribution in [1.82, 2.24) is 0 Å². The maximum atomic E-state index is 11.0. The summed E-state index contributed by atoms with van der Waals surface area (Å²) in [4.78, 5) is 12.2. The Labute approximate surface area is 112 Å². The van der Waals surface area contributed by atoms with Crippen LogP contribution in [0.5, 0.6) is 5.75 Å². The topological polar surface area (TPSA) is 49.8 Å². The Hall–Kier alpha value is -1.36. The second-order valence-electron chi connectivity index (χ2n) is 3.72. The van der Waals surface area contributed by atoms with Gasteiger partial charge in [0.1, 0.15) is 11.2 Å². The van der Waals surface area contributed by atoms with Crippen molar-refractivity contribution >= 4 is 23.5 Å². The number of amides is 1. The smallest absolute Gasteiger partial charge is 0.411 e. The summed E-state index contributed by atoms with van der Waals surface area (Å²) in [6.45, 7) is 4.13. The largest absolute Gasteiger partial charge is 0.478 e. The predicted molar refractivity (Wildman–Crippen MR) is 75.7 cm³/mol. The van der Waals surface area contributed by atoms with E-state index in [-0.39, 0.29) is 5.44 Å². The van der Waals surface area contributed by atoms with E-state index in [0.29, 0.717) is 11.4 Å². The molecule has 1 atom stereocenters. The van der Waals surface area contributed by atoms with Gasteiger partial charge in [0.15, 0.2) is 0 Å². The average molecular weight is 269 g/mol. The molecule has 4 nitrogen and oxygen atoms in total. The van der Waals surface area contributed by atoms with Gasteiger partial charge in [-0.25, -0.2) is 4.79 Å². The van der Waals surface area contributed by atoms with E-state index in [2.05, 4.69) is 13.8 Å². The third-order valence-electron chi connectivity index (χ3n) is 2.46. The number of anilines is 1. The van der Waals surface area contributed by atoms with Gasteiger partial charge in [-0.05, 0) is 24.3 Å². The standard InChI is InChI=1S/C13H19NO3S/c1-4-12(18-5-2)17-11-9-7-6-8-10(11)14(3)13(15)16/h6-9,12H,4-5H2,1-3H3,(H,15,16). The van der Waals surface area contributed by atoms with Crippen molar-refractivity contribution in [2.75, 3.05) is 17.7 Å². The van der Waals surface area contributed by atoms with Crippen molar-refractivity contribution in [1.29, 1.82) is 0 Å². The van der Waals surface area contributed by atoms with Crippen LogP contribution in [0.15, 0.2) is 24.3 Å². The minimum atomic E-state index is -0.998. The molecule has 0 radical (unpaired) electrons. The van der Waals surface area contributed by atoms with E-state index in [4.69, 9.17) is 9.84 Å². The molecule has 0 bridgehead atoms. The normalized spacial score (nSPS) is 11.9. The van der Waals surface area contributed by atoms with Crippen molar-refractivity contribution < 1.29 is 14.6 Å². The molecule has 1 amide bonds. The Morgan fingerprint density at radius 1 is 1.44 bits per heavy atom. The van der Waals surface area contributed by atoms with Crippen LogP contribution in [0.1, 0.15) is 20.3 Å². The van der Waals surface area contributed by atoms with E-state index in [1.54, 1.807) is 30.0 Å². The first-order valence-corrected chi connectivity index (χ1v) is 6.98. The highest BCUT2D eigenvalue weighted by molar-refractivity contribution is 7.99. The Kier molecular flexibility index (Phi) is 5.85. The predicted octanol–water partition coefficient (Wildman–Crippen LogP) is 3.67. The van der Waals surface area contributed by atoms with Crippen LogP contribution in [0.3, 0.4) is 0 Å². The van der Waals surface area contributed by atoms with Gasteiger partial charge in [-0.1, -0.05) is 26.0 Å². The summed E-state index contributed by atoms with van der Waals surface area (Å²) in [7, 11) is 1.51. The van der Waals surface area contributed by atoms with E-state index in [1.165, 1.54) is 11.9 Å². The number of ether oxygens (including phenoxy) is 1. The molecule has 100 valence electrons. The van der Waals surface area contributed by atoms with Gasteiger partial charge in [0.25, 0.3) is 0 Å². The lowest BCUT2D eigenvalue weighted by Crippen LogP contribution is -2.25. The molecule has 0 spiro atoms. The molecule has 1 rings (SSSR count). The minimum absolute atomic E-state index is 0.0540. The van der Waals surface area contributed by atoms with Crippen LogP contribution in [-0.4, -0.2) is 29.4 Å². The molecular weight excluding hydrogens is 250 g/mol. The highest BCUT2D eigenvalue weighted by Gasteiger charge is 2.16. The second kappa shape index (κ2) is 7.16. The zero-order valence-electron chi connectivity index (χ0n) is 10.9. The first-order chi connectivity index (χ1) is 8.60. The van der Waals surface area contributed by atoms with Gasteiger partial charge >= 0.3 is 6.09 Å². The van der Waals surface area contributed by atoms with Gasteiger partial charge in [0.05, 0.1) is 5.69 Å². The first kappa shape index (κ1) is 14.7. The summed E-state index contributed by atoms with van der Waals surface area (Å²) >= 11 is 1.71. The van der Waals surface area contributed by atoms with Crippen LogP contribution in [0.2, 0.25) is 0 Å². The maximum Gasteiger partial charge on any atom is 0.411 e. The molecule has 1 aromatic carbocycles. The molecule has 1 N–H and O–H groups in total. The number of thioether (sulfide) groups is 1. The van der Waals surface area contributed by atoms with Gasteiger partial charge < -0.3 is 9.84 Å². The third-order valence-corrected chi connectivity index (χ3v) is 3.59. The van der Waals surface area contributed by atoms with Crippen LogP contribution in [0.25, 0.3) is 0 Å². The maximum absolute atomic E-state index is 11.0. The van der Waals surface area contributed by atoms with E-state index in [9.17, 15) is 4.79 Å². The SMILES string of the molecule is CCSC(CC)Oc1ccccc1N(C)C(=O)O. The molecule has 0 aromatic heterocycles. The number of rotatable bonds is 6. The summed E-state index contributed by atoms with van der Waals surface area (Å²) in [6.07, 6.45) is -0.119. The number of benzene rings is 1. The van der Waals surface area contributed by atoms with Crippen molar-refractivity contribution in [2.24, 2.45) is 0 Å². The molecular formula is C13H19NO3S. The highest BCUT2D eigenvalue weighted by atomic mass is 32.2. The lowest BCUT2D eigenvalue weighted by Gasteiger charge is -2.21. The number of hydrogen-bond acceptors (Lipinski definition) is 3. The van der Waals surface area contributed by atoms with Crippen LogP contribution in [0.4, 0.5) is 10.5 Å². The van der Waals surface area contributed by atoms with Crippen molar-refractivity contribution in [3.63, 3.8) is 0 Å². The van der Waals surface area contributed by atoms with E-state index in [1.807, 2.05) is 6.07 Å². The quantitative estimate of drug-likeness (QED) is 0.800. The number of hydrogen-bond donors (Lipinski definition) is 1. The lowest BCUT2D eigenvalue weighted by atomic mass is 10.3. The number of para-hydroxylation sites is 2. The van der Waals surface area contributed by atoms with Crippen molar-refractivity contribution in [2.45, 2.75) is 25.7 Å². The summed E-state index contributed by atoms with van der Waals surface area (Å²) < 4.78 is 5.86. The second-order valence-corrected chi connectivity index (χ2v) is 5.16. The fraction of sp³-hybridized carbons (Fsp3) is 0.462. The minimum Gasteiger partial charge on any atom is -0.478 e. The summed E-state index contributed by atoms with van der Waals surface area (Å²) in [5.41, 5.74) is 0.624. The lowest BCUT2D eigenvalue weighted by molar-refractivity contribution is 0.203. The van der Waals surface area contributed by atoms with Gasteiger partial charge in [0, 0.05) is 7.05 Å². The number of carboxylic acid groups (broad SMARTS) is 1. The zero-order chi connectivity index (χ0) is 13.5. The Morgan fingerprint density at radius 2 is 2.11 bits per heavy atom. The molecule has 0 saturated heterocycles. The van der Waals surface area contributed by atoms with E-state index >= 15 is 0 Å². The molecule has 0 aliphatic carbocycles. The average Bonchev–Trinajstić information content (AvgIpc) is 2.37. The molecule has 0 heterocycles. The van der Waals surface area contributed by atoms with Crippen LogP contribution < -0.4 is 9.64 Å².